The Morgan fingerprint density at radius 1 is 0.571 bits per heavy atom. The zero-order valence-corrected chi connectivity index (χ0v) is 14.9. The second kappa shape index (κ2) is 17.7. The summed E-state index contributed by atoms with van der Waals surface area (Å²) in [5.41, 5.74) is 0. The fraction of sp³-hybridized carbons (Fsp3) is 0.944. The normalized spacial score (nSPS) is 10.7. The molecule has 0 rings (SSSR count). The highest BCUT2D eigenvalue weighted by Gasteiger charge is 1.94. The molecule has 0 radical (unpaired) electrons. The van der Waals surface area contributed by atoms with Crippen LogP contribution in [0.2, 0.25) is 0 Å². The van der Waals surface area contributed by atoms with Gasteiger partial charge in [-0.2, -0.15) is 8.42 Å². The summed E-state index contributed by atoms with van der Waals surface area (Å²) in [5, 5.41) is 1.38. The smallest absolute Gasteiger partial charge is 0.185 e. The van der Waals surface area contributed by atoms with Gasteiger partial charge in [0, 0.05) is 5.37 Å². The Kier molecular flexibility index (Phi) is 17.5. The Balaban J connectivity index is 3.01. The largest absolute Gasteiger partial charge is 0.209 e. The van der Waals surface area contributed by atoms with Crippen LogP contribution in [-0.2, 0) is 10.3 Å². The van der Waals surface area contributed by atoms with E-state index in [0.717, 1.165) is 6.42 Å². The SMILES string of the molecule is CCCCCCCCCCCCCCCCCC=S(=O)=O. The van der Waals surface area contributed by atoms with Gasteiger partial charge in [-0.1, -0.05) is 96.8 Å². The topological polar surface area (TPSA) is 34.1 Å². The summed E-state index contributed by atoms with van der Waals surface area (Å²) >= 11 is 0. The fourth-order valence-electron chi connectivity index (χ4n) is 2.70. The van der Waals surface area contributed by atoms with Gasteiger partial charge in [0.25, 0.3) is 0 Å². The molecule has 0 heterocycles. The van der Waals surface area contributed by atoms with Crippen molar-refractivity contribution in [2.24, 2.45) is 0 Å². The third-order valence-electron chi connectivity index (χ3n) is 4.06. The molecule has 0 saturated carbocycles. The molecule has 0 aromatic rings. The lowest BCUT2D eigenvalue weighted by Gasteiger charge is -2.03. The van der Waals surface area contributed by atoms with E-state index >= 15 is 0 Å². The van der Waals surface area contributed by atoms with E-state index in [1.807, 2.05) is 0 Å². The lowest BCUT2D eigenvalue weighted by atomic mass is 10.0. The summed E-state index contributed by atoms with van der Waals surface area (Å²) in [4.78, 5) is 0. The molecule has 0 atom stereocenters. The molecule has 0 bridgehead atoms. The molecule has 0 N–H and O–H groups in total. The van der Waals surface area contributed by atoms with Crippen molar-refractivity contribution in [1.82, 2.24) is 0 Å². The first-order valence-electron chi connectivity index (χ1n) is 9.18. The molecule has 0 aromatic carbocycles. The highest BCUT2D eigenvalue weighted by atomic mass is 32.2. The third-order valence-corrected chi connectivity index (χ3v) is 4.57. The van der Waals surface area contributed by atoms with E-state index in [0.29, 0.717) is 6.42 Å². The average Bonchev–Trinajstić information content (AvgIpc) is 2.46. The summed E-state index contributed by atoms with van der Waals surface area (Å²) in [7, 11) is -1.96. The van der Waals surface area contributed by atoms with Crippen LogP contribution in [-0.4, -0.2) is 13.8 Å². The van der Waals surface area contributed by atoms with Crippen LogP contribution in [0.5, 0.6) is 0 Å². The van der Waals surface area contributed by atoms with Gasteiger partial charge >= 0.3 is 0 Å². The molecule has 0 saturated heterocycles. The predicted molar refractivity (Wildman–Crippen MR) is 94.5 cm³/mol. The molecule has 21 heavy (non-hydrogen) atoms. The van der Waals surface area contributed by atoms with Crippen molar-refractivity contribution in [2.45, 2.75) is 110 Å². The molecule has 2 nitrogen and oxygen atoms in total. The van der Waals surface area contributed by atoms with Gasteiger partial charge in [-0.3, -0.25) is 0 Å². The van der Waals surface area contributed by atoms with Gasteiger partial charge in [0.05, 0.1) is 0 Å². The Labute approximate surface area is 134 Å². The predicted octanol–water partition coefficient (Wildman–Crippen LogP) is 5.93. The first-order valence-corrected chi connectivity index (χ1v) is 10.3. The minimum absolute atomic E-state index is 0.717. The van der Waals surface area contributed by atoms with Crippen LogP contribution in [0.1, 0.15) is 110 Å². The maximum absolute atomic E-state index is 10.3. The van der Waals surface area contributed by atoms with E-state index in [-0.39, 0.29) is 0 Å². The Hall–Kier alpha value is -0.310. The zero-order chi connectivity index (χ0) is 15.6. The van der Waals surface area contributed by atoms with Gasteiger partial charge in [0.1, 0.15) is 0 Å². The van der Waals surface area contributed by atoms with E-state index in [2.05, 4.69) is 6.92 Å². The third kappa shape index (κ3) is 19.7. The minimum Gasteiger partial charge on any atom is -0.185 e. The van der Waals surface area contributed by atoms with Crippen LogP contribution in [0.15, 0.2) is 0 Å². The highest BCUT2D eigenvalue weighted by molar-refractivity contribution is 7.71. The molecular weight excluding hydrogens is 280 g/mol. The molecule has 0 fully saturated rings. The molecule has 0 aliphatic rings. The molecule has 0 aliphatic heterocycles. The van der Waals surface area contributed by atoms with E-state index in [1.165, 1.54) is 95.3 Å². The van der Waals surface area contributed by atoms with E-state index in [9.17, 15) is 8.42 Å². The van der Waals surface area contributed by atoms with Crippen LogP contribution in [0.25, 0.3) is 0 Å². The number of hydrogen-bond acceptors (Lipinski definition) is 2. The first kappa shape index (κ1) is 20.7. The number of unbranched alkanes of at least 4 members (excludes halogenated alkanes) is 15. The van der Waals surface area contributed by atoms with Gasteiger partial charge in [0.2, 0.25) is 10.3 Å². The van der Waals surface area contributed by atoms with Crippen molar-refractivity contribution >= 4 is 15.7 Å². The molecule has 0 spiro atoms. The Morgan fingerprint density at radius 2 is 0.905 bits per heavy atom. The minimum atomic E-state index is -1.96. The van der Waals surface area contributed by atoms with Gasteiger partial charge in [-0.15, -0.1) is 0 Å². The second-order valence-corrected chi connectivity index (χ2v) is 7.02. The van der Waals surface area contributed by atoms with Crippen molar-refractivity contribution in [2.75, 3.05) is 0 Å². The maximum atomic E-state index is 10.3. The maximum Gasteiger partial charge on any atom is 0.209 e. The summed E-state index contributed by atoms with van der Waals surface area (Å²) in [5.74, 6) is 0. The van der Waals surface area contributed by atoms with E-state index in [4.69, 9.17) is 0 Å². The van der Waals surface area contributed by atoms with E-state index in [1.54, 1.807) is 0 Å². The second-order valence-electron chi connectivity index (χ2n) is 6.17. The Morgan fingerprint density at radius 3 is 1.24 bits per heavy atom. The zero-order valence-electron chi connectivity index (χ0n) is 14.1. The van der Waals surface area contributed by atoms with E-state index < -0.39 is 10.3 Å². The van der Waals surface area contributed by atoms with Crippen molar-refractivity contribution in [3.05, 3.63) is 0 Å². The van der Waals surface area contributed by atoms with Crippen molar-refractivity contribution in [3.63, 3.8) is 0 Å². The Bertz CT molecular complexity index is 312. The molecule has 0 aromatic heterocycles. The van der Waals surface area contributed by atoms with Crippen molar-refractivity contribution in [1.29, 1.82) is 0 Å². The quantitative estimate of drug-likeness (QED) is 0.261. The van der Waals surface area contributed by atoms with Gasteiger partial charge in [0.15, 0.2) is 0 Å². The van der Waals surface area contributed by atoms with Crippen LogP contribution >= 0.6 is 0 Å². The summed E-state index contributed by atoms with van der Waals surface area (Å²) in [6, 6.07) is 0. The molecule has 0 unspecified atom stereocenters. The fourth-order valence-corrected chi connectivity index (χ4v) is 3.05. The lowest BCUT2D eigenvalue weighted by molar-refractivity contribution is 0.533. The van der Waals surface area contributed by atoms with Crippen LogP contribution in [0.4, 0.5) is 0 Å². The average molecular weight is 317 g/mol. The first-order chi connectivity index (χ1) is 10.3. The molecular formula is C18H36O2S. The summed E-state index contributed by atoms with van der Waals surface area (Å²) < 4.78 is 20.6. The van der Waals surface area contributed by atoms with Crippen LogP contribution in [0, 0.1) is 0 Å². The number of rotatable bonds is 16. The van der Waals surface area contributed by atoms with Crippen LogP contribution in [0.3, 0.4) is 0 Å². The molecule has 3 heteroatoms. The molecule has 126 valence electrons. The highest BCUT2D eigenvalue weighted by Crippen LogP contribution is 2.13. The molecule has 0 aliphatic carbocycles. The lowest BCUT2D eigenvalue weighted by Crippen LogP contribution is -1.84. The van der Waals surface area contributed by atoms with Crippen molar-refractivity contribution < 1.29 is 8.42 Å². The molecule has 0 amide bonds. The van der Waals surface area contributed by atoms with Crippen LogP contribution < -0.4 is 0 Å². The van der Waals surface area contributed by atoms with Gasteiger partial charge < -0.3 is 0 Å². The van der Waals surface area contributed by atoms with Gasteiger partial charge in [-0.25, -0.2) is 0 Å². The summed E-state index contributed by atoms with van der Waals surface area (Å²) in [6.07, 6.45) is 20.9. The van der Waals surface area contributed by atoms with Gasteiger partial charge in [-0.05, 0) is 12.8 Å². The monoisotopic (exact) mass is 316 g/mol. The summed E-state index contributed by atoms with van der Waals surface area (Å²) in [6.45, 7) is 2.27. The van der Waals surface area contributed by atoms with Crippen molar-refractivity contribution in [3.8, 4) is 0 Å². The number of hydrogen-bond donors (Lipinski definition) is 0. The standard InChI is InChI=1S/C18H36O2S/c1-2-3-4-5-6-7-8-9-10-11-12-13-14-15-16-17-18-21(19)20/h18H,2-17H2,1H3.